The van der Waals surface area contributed by atoms with Crippen LogP contribution in [0.3, 0.4) is 0 Å². The lowest BCUT2D eigenvalue weighted by Gasteiger charge is -2.25. The molecule has 1 aromatic carbocycles. The fourth-order valence-corrected chi connectivity index (χ4v) is 3.28. The molecule has 0 radical (unpaired) electrons. The molecule has 1 amide bonds. The summed E-state index contributed by atoms with van der Waals surface area (Å²) in [5, 5.41) is 0. The summed E-state index contributed by atoms with van der Waals surface area (Å²) < 4.78 is 1.13. The normalized spacial score (nSPS) is 17.4. The van der Waals surface area contributed by atoms with Crippen molar-refractivity contribution in [2.45, 2.75) is 40.2 Å². The lowest BCUT2D eigenvalue weighted by atomic mass is 9.91. The van der Waals surface area contributed by atoms with Crippen molar-refractivity contribution in [1.82, 2.24) is 9.80 Å². The molecule has 1 aromatic rings. The molecule has 1 saturated heterocycles. The Bertz CT molecular complexity index is 510. The monoisotopic (exact) mass is 366 g/mol. The van der Waals surface area contributed by atoms with Gasteiger partial charge in [-0.3, -0.25) is 9.69 Å². The first kappa shape index (κ1) is 17.5. The Morgan fingerprint density at radius 1 is 1.18 bits per heavy atom. The molecule has 0 N–H and O–H groups in total. The second kappa shape index (κ2) is 7.60. The van der Waals surface area contributed by atoms with E-state index in [-0.39, 0.29) is 5.41 Å². The molecule has 22 heavy (non-hydrogen) atoms. The number of nitrogens with zero attached hydrogens (tertiary/aromatic N) is 2. The zero-order chi connectivity index (χ0) is 16.2. The smallest absolute Gasteiger partial charge is 0.223 e. The number of carbonyl (C=O) groups is 1. The number of amides is 1. The van der Waals surface area contributed by atoms with Crippen LogP contribution in [0.1, 0.15) is 39.2 Å². The highest BCUT2D eigenvalue weighted by molar-refractivity contribution is 9.10. The Morgan fingerprint density at radius 3 is 2.64 bits per heavy atom. The highest BCUT2D eigenvalue weighted by Crippen LogP contribution is 2.21. The lowest BCUT2D eigenvalue weighted by Crippen LogP contribution is -2.36. The van der Waals surface area contributed by atoms with Crippen LogP contribution < -0.4 is 0 Å². The van der Waals surface area contributed by atoms with E-state index in [1.807, 2.05) is 4.90 Å². The molecule has 0 spiro atoms. The third-order valence-electron chi connectivity index (χ3n) is 3.92. The molecule has 1 heterocycles. The van der Waals surface area contributed by atoms with Crippen LogP contribution >= 0.6 is 15.9 Å². The Morgan fingerprint density at radius 2 is 1.95 bits per heavy atom. The number of rotatable bonds is 3. The van der Waals surface area contributed by atoms with Crippen molar-refractivity contribution in [2.24, 2.45) is 5.41 Å². The Labute approximate surface area is 142 Å². The molecule has 0 aromatic heterocycles. The number of hydrogen-bond donors (Lipinski definition) is 0. The summed E-state index contributed by atoms with van der Waals surface area (Å²) >= 11 is 3.53. The molecule has 0 aliphatic carbocycles. The van der Waals surface area contributed by atoms with Crippen LogP contribution in [0, 0.1) is 5.41 Å². The average Bonchev–Trinajstić information content (AvgIpc) is 2.62. The van der Waals surface area contributed by atoms with E-state index in [4.69, 9.17) is 0 Å². The molecule has 0 saturated carbocycles. The summed E-state index contributed by atoms with van der Waals surface area (Å²) in [6.45, 7) is 11.1. The summed E-state index contributed by atoms with van der Waals surface area (Å²) in [5.74, 6) is 0.303. The molecule has 0 atom stereocenters. The first-order valence-corrected chi connectivity index (χ1v) is 8.87. The minimum atomic E-state index is 0.0688. The van der Waals surface area contributed by atoms with Crippen LogP contribution in [-0.4, -0.2) is 41.9 Å². The van der Waals surface area contributed by atoms with Crippen molar-refractivity contribution < 1.29 is 4.79 Å². The first-order chi connectivity index (χ1) is 10.3. The van der Waals surface area contributed by atoms with E-state index in [2.05, 4.69) is 65.9 Å². The Kier molecular flexibility index (Phi) is 6.04. The van der Waals surface area contributed by atoms with E-state index in [1.54, 1.807) is 0 Å². The van der Waals surface area contributed by atoms with Gasteiger partial charge in [-0.1, -0.05) is 48.8 Å². The van der Waals surface area contributed by atoms with E-state index in [9.17, 15) is 4.79 Å². The standard InChI is InChI=1S/C18H27BrN2O/c1-18(2,3)13-17(22)21-9-5-8-20(10-11-21)14-15-6-4-7-16(19)12-15/h4,6-7,12H,5,8-11,13-14H2,1-3H3. The summed E-state index contributed by atoms with van der Waals surface area (Å²) in [6.07, 6.45) is 1.70. The number of benzene rings is 1. The predicted molar refractivity (Wildman–Crippen MR) is 94.7 cm³/mol. The van der Waals surface area contributed by atoms with Gasteiger partial charge < -0.3 is 4.90 Å². The van der Waals surface area contributed by atoms with Crippen LogP contribution in [-0.2, 0) is 11.3 Å². The van der Waals surface area contributed by atoms with Crippen LogP contribution in [0.5, 0.6) is 0 Å². The van der Waals surface area contributed by atoms with Crippen molar-refractivity contribution in [2.75, 3.05) is 26.2 Å². The minimum Gasteiger partial charge on any atom is -0.341 e. The van der Waals surface area contributed by atoms with Gasteiger partial charge in [0.2, 0.25) is 5.91 Å². The van der Waals surface area contributed by atoms with Gasteiger partial charge in [0.15, 0.2) is 0 Å². The Balaban J connectivity index is 1.88. The molecular weight excluding hydrogens is 340 g/mol. The lowest BCUT2D eigenvalue weighted by molar-refractivity contribution is -0.132. The van der Waals surface area contributed by atoms with Gasteiger partial charge in [-0.15, -0.1) is 0 Å². The third kappa shape index (κ3) is 5.73. The molecule has 1 aliphatic rings. The summed E-state index contributed by atoms with van der Waals surface area (Å²) in [5.41, 5.74) is 1.39. The zero-order valence-corrected chi connectivity index (χ0v) is 15.5. The van der Waals surface area contributed by atoms with E-state index in [0.29, 0.717) is 12.3 Å². The highest BCUT2D eigenvalue weighted by Gasteiger charge is 2.23. The Hall–Kier alpha value is -0.870. The topological polar surface area (TPSA) is 23.6 Å². The molecule has 1 fully saturated rings. The van der Waals surface area contributed by atoms with Crippen molar-refractivity contribution in [3.8, 4) is 0 Å². The van der Waals surface area contributed by atoms with Gasteiger partial charge >= 0.3 is 0 Å². The van der Waals surface area contributed by atoms with Crippen molar-refractivity contribution in [3.63, 3.8) is 0 Å². The van der Waals surface area contributed by atoms with Crippen LogP contribution in [0.4, 0.5) is 0 Å². The number of carbonyl (C=O) groups excluding carboxylic acids is 1. The van der Waals surface area contributed by atoms with Gasteiger partial charge in [0.1, 0.15) is 0 Å². The molecule has 1 aliphatic heterocycles. The predicted octanol–water partition coefficient (Wildman–Crippen LogP) is 3.92. The van der Waals surface area contributed by atoms with Crippen molar-refractivity contribution >= 4 is 21.8 Å². The van der Waals surface area contributed by atoms with Gasteiger partial charge in [0.05, 0.1) is 0 Å². The minimum absolute atomic E-state index is 0.0688. The second-order valence-corrected chi connectivity index (χ2v) is 8.29. The second-order valence-electron chi connectivity index (χ2n) is 7.38. The van der Waals surface area contributed by atoms with E-state index >= 15 is 0 Å². The maximum Gasteiger partial charge on any atom is 0.223 e. The number of hydrogen-bond acceptors (Lipinski definition) is 2. The summed E-state index contributed by atoms with van der Waals surface area (Å²) in [4.78, 5) is 16.9. The fraction of sp³-hybridized carbons (Fsp3) is 0.611. The van der Waals surface area contributed by atoms with Gasteiger partial charge in [0, 0.05) is 43.6 Å². The highest BCUT2D eigenvalue weighted by atomic mass is 79.9. The van der Waals surface area contributed by atoms with Gasteiger partial charge in [-0.25, -0.2) is 0 Å². The largest absolute Gasteiger partial charge is 0.341 e. The maximum atomic E-state index is 12.4. The molecule has 3 nitrogen and oxygen atoms in total. The van der Waals surface area contributed by atoms with Gasteiger partial charge in [0.25, 0.3) is 0 Å². The van der Waals surface area contributed by atoms with Crippen LogP contribution in [0.2, 0.25) is 0 Å². The average molecular weight is 367 g/mol. The first-order valence-electron chi connectivity index (χ1n) is 8.08. The van der Waals surface area contributed by atoms with E-state index < -0.39 is 0 Å². The molecule has 0 bridgehead atoms. The molecule has 0 unspecified atom stereocenters. The molecule has 4 heteroatoms. The van der Waals surface area contributed by atoms with E-state index in [1.165, 1.54) is 5.56 Å². The summed E-state index contributed by atoms with van der Waals surface area (Å²) in [7, 11) is 0. The van der Waals surface area contributed by atoms with E-state index in [0.717, 1.165) is 43.6 Å². The number of halogens is 1. The van der Waals surface area contributed by atoms with Crippen LogP contribution in [0.25, 0.3) is 0 Å². The quantitative estimate of drug-likeness (QED) is 0.809. The van der Waals surface area contributed by atoms with Gasteiger partial charge in [-0.2, -0.15) is 0 Å². The SMILES string of the molecule is CC(C)(C)CC(=O)N1CCCN(Cc2cccc(Br)c2)CC1. The summed E-state index contributed by atoms with van der Waals surface area (Å²) in [6, 6.07) is 8.47. The maximum absolute atomic E-state index is 12.4. The zero-order valence-electron chi connectivity index (χ0n) is 13.9. The van der Waals surface area contributed by atoms with Crippen LogP contribution in [0.15, 0.2) is 28.7 Å². The molecule has 2 rings (SSSR count). The molecular formula is C18H27BrN2O. The third-order valence-corrected chi connectivity index (χ3v) is 4.41. The van der Waals surface area contributed by atoms with Crippen molar-refractivity contribution in [1.29, 1.82) is 0 Å². The van der Waals surface area contributed by atoms with Crippen molar-refractivity contribution in [3.05, 3.63) is 34.3 Å². The fourth-order valence-electron chi connectivity index (χ4n) is 2.84. The van der Waals surface area contributed by atoms with Gasteiger partial charge in [-0.05, 0) is 29.5 Å². The molecule has 122 valence electrons.